The van der Waals surface area contributed by atoms with Crippen LogP contribution in [0.3, 0.4) is 0 Å². The summed E-state index contributed by atoms with van der Waals surface area (Å²) in [6.45, 7) is 8.76. The number of hydrogen-bond acceptors (Lipinski definition) is 5. The smallest absolute Gasteiger partial charge is 0.305 e. The molecule has 0 unspecified atom stereocenters. The second kappa shape index (κ2) is 14.9. The number of rotatable bonds is 6. The van der Waals surface area contributed by atoms with Crippen LogP contribution in [0.4, 0.5) is 4.39 Å². The van der Waals surface area contributed by atoms with Crippen molar-refractivity contribution in [1.29, 1.82) is 0 Å². The van der Waals surface area contributed by atoms with Crippen LogP contribution in [0.2, 0.25) is 0 Å². The first-order chi connectivity index (χ1) is 21.3. The van der Waals surface area contributed by atoms with Gasteiger partial charge < -0.3 is 24.6 Å². The van der Waals surface area contributed by atoms with E-state index in [1.807, 2.05) is 47.0 Å². The largest absolute Gasteiger partial charge is 0.493 e. The number of carboxylic acid groups (broad SMARTS) is 1. The molecule has 45 heavy (non-hydrogen) atoms. The summed E-state index contributed by atoms with van der Waals surface area (Å²) in [4.78, 5) is 41.5. The third-order valence-corrected chi connectivity index (χ3v) is 8.58. The molecule has 242 valence electrons. The first-order valence-electron chi connectivity index (χ1n) is 15.8. The van der Waals surface area contributed by atoms with Crippen LogP contribution < -0.4 is 15.6 Å². The molecule has 0 fully saturated rings. The lowest BCUT2D eigenvalue weighted by Crippen LogP contribution is -2.40. The average molecular weight is 620 g/mol. The Morgan fingerprint density at radius 2 is 1.73 bits per heavy atom. The van der Waals surface area contributed by atoms with Crippen molar-refractivity contribution in [1.82, 2.24) is 14.8 Å². The molecular weight excluding hydrogens is 573 g/mol. The van der Waals surface area contributed by atoms with Gasteiger partial charge in [0.2, 0.25) is 5.91 Å². The van der Waals surface area contributed by atoms with Gasteiger partial charge in [-0.25, -0.2) is 4.39 Å². The molecule has 0 saturated heterocycles. The van der Waals surface area contributed by atoms with Gasteiger partial charge in [0.15, 0.2) is 0 Å². The van der Waals surface area contributed by atoms with E-state index in [1.54, 1.807) is 31.3 Å². The third-order valence-electron chi connectivity index (χ3n) is 8.58. The van der Waals surface area contributed by atoms with Gasteiger partial charge >= 0.3 is 5.97 Å². The molecule has 8 nitrogen and oxygen atoms in total. The van der Waals surface area contributed by atoms with Crippen molar-refractivity contribution in [2.24, 2.45) is 0 Å². The van der Waals surface area contributed by atoms with E-state index in [1.165, 1.54) is 4.57 Å². The van der Waals surface area contributed by atoms with Gasteiger partial charge in [0.1, 0.15) is 17.6 Å². The lowest BCUT2D eigenvalue weighted by molar-refractivity contribution is -0.138. The molecule has 2 aromatic carbocycles. The highest BCUT2D eigenvalue weighted by Crippen LogP contribution is 2.38. The number of carbonyl (C=O) groups excluding carboxylic acids is 1. The number of fused-ring (bicyclic) bond motifs is 4. The predicted molar refractivity (Wildman–Crippen MR) is 174 cm³/mol. The van der Waals surface area contributed by atoms with E-state index >= 15 is 4.39 Å². The Labute approximate surface area is 265 Å². The van der Waals surface area contributed by atoms with Crippen LogP contribution in [0, 0.1) is 33.5 Å². The lowest BCUT2D eigenvalue weighted by Gasteiger charge is -2.26. The normalized spacial score (nSPS) is 17.8. The Hall–Kier alpha value is -3.98. The third kappa shape index (κ3) is 8.39. The first-order valence-corrected chi connectivity index (χ1v) is 15.8. The van der Waals surface area contributed by atoms with Crippen LogP contribution >= 0.6 is 0 Å². The molecule has 2 N–H and O–H groups in total. The molecule has 1 aromatic heterocycles. The number of likely N-dealkylation sites (N-methyl/N-ethyl adjacent to an activating group) is 1. The minimum Gasteiger partial charge on any atom is -0.493 e. The fourth-order valence-electron chi connectivity index (χ4n) is 6.20. The molecule has 1 aliphatic heterocycles. The monoisotopic (exact) mass is 619 g/mol. The number of benzene rings is 2. The van der Waals surface area contributed by atoms with E-state index in [2.05, 4.69) is 10.2 Å². The number of aryl methyl sites for hydroxylation is 4. The zero-order valence-electron chi connectivity index (χ0n) is 27.3. The number of nitrogens with zero attached hydrogens (tertiary/aromatic N) is 2. The van der Waals surface area contributed by atoms with Crippen molar-refractivity contribution in [2.45, 2.75) is 84.7 Å². The van der Waals surface area contributed by atoms with E-state index in [9.17, 15) is 19.5 Å². The molecule has 0 spiro atoms. The molecule has 0 aliphatic carbocycles. The van der Waals surface area contributed by atoms with Crippen molar-refractivity contribution in [3.8, 4) is 16.9 Å². The highest BCUT2D eigenvalue weighted by Gasteiger charge is 2.29. The molecule has 2 heterocycles. The maximum Gasteiger partial charge on any atom is 0.305 e. The Kier molecular flexibility index (Phi) is 11.2. The molecule has 0 saturated carbocycles. The highest BCUT2D eigenvalue weighted by atomic mass is 19.1. The minimum absolute atomic E-state index is 0.0837. The molecule has 3 aromatic rings. The Bertz CT molecular complexity index is 1610. The number of aromatic nitrogens is 1. The number of carbonyl (C=O) groups is 2. The van der Waals surface area contributed by atoms with E-state index in [-0.39, 0.29) is 11.1 Å². The lowest BCUT2D eigenvalue weighted by atomic mass is 9.91. The summed E-state index contributed by atoms with van der Waals surface area (Å²) in [5.41, 5.74) is 5.42. The van der Waals surface area contributed by atoms with Crippen LogP contribution in [0.1, 0.15) is 84.0 Å². The highest BCUT2D eigenvalue weighted by molar-refractivity contribution is 5.82. The molecule has 0 radical (unpaired) electrons. The summed E-state index contributed by atoms with van der Waals surface area (Å²) in [6, 6.07) is 6.87. The maximum atomic E-state index is 15.9. The first kappa shape index (κ1) is 33.9. The number of nitrogens with one attached hydrogen (secondary N) is 1. The van der Waals surface area contributed by atoms with E-state index < -0.39 is 36.2 Å². The second-order valence-electron chi connectivity index (χ2n) is 12.7. The van der Waals surface area contributed by atoms with E-state index in [0.717, 1.165) is 53.6 Å². The zero-order valence-corrected chi connectivity index (χ0v) is 27.3. The number of carboxylic acids is 1. The van der Waals surface area contributed by atoms with E-state index in [4.69, 9.17) is 4.74 Å². The van der Waals surface area contributed by atoms with Crippen LogP contribution in [0.25, 0.3) is 11.1 Å². The van der Waals surface area contributed by atoms with Crippen molar-refractivity contribution < 1.29 is 23.8 Å². The van der Waals surface area contributed by atoms with Crippen molar-refractivity contribution in [2.75, 3.05) is 27.2 Å². The van der Waals surface area contributed by atoms with Crippen LogP contribution in [-0.2, 0) is 16.0 Å². The molecule has 1 amide bonds. The second-order valence-corrected chi connectivity index (χ2v) is 12.7. The van der Waals surface area contributed by atoms with Gasteiger partial charge in [0.05, 0.1) is 19.1 Å². The van der Waals surface area contributed by atoms with Crippen molar-refractivity contribution >= 4 is 11.9 Å². The number of aliphatic carboxylic acids is 1. The zero-order chi connectivity index (χ0) is 32.8. The number of halogens is 1. The van der Waals surface area contributed by atoms with Gasteiger partial charge in [-0.2, -0.15) is 0 Å². The molecule has 2 atom stereocenters. The fourth-order valence-corrected chi connectivity index (χ4v) is 6.20. The number of pyridine rings is 1. The standard InChI is InChI=1S/C36H46FN3O5/c1-22-15-24(3)34-27-17-25(4)35(37)28(19-27)29(20-33(42)43)38-36(44)30(11-9-7-8-10-14-45-31(34)16-22)40-21-26(12-13-39(5)6)23(2)18-32(40)41/h15-19,21,29-30H,7-14,20H2,1-6H3,(H,38,44)(H,42,43)/t29-,30-/m0/s1. The summed E-state index contributed by atoms with van der Waals surface area (Å²) in [7, 11) is 3.95. The van der Waals surface area contributed by atoms with Crippen LogP contribution in [-0.4, -0.2) is 53.7 Å². The maximum absolute atomic E-state index is 15.9. The molecule has 2 bridgehead atoms. The number of hydrogen-bond donors (Lipinski definition) is 2. The van der Waals surface area contributed by atoms with Crippen LogP contribution in [0.5, 0.6) is 5.75 Å². The average Bonchev–Trinajstić information content (AvgIpc) is 2.94. The summed E-state index contributed by atoms with van der Waals surface area (Å²) < 4.78 is 23.6. The fraction of sp³-hybridized carbons (Fsp3) is 0.472. The van der Waals surface area contributed by atoms with Crippen molar-refractivity contribution in [3.63, 3.8) is 0 Å². The number of ether oxygens (including phenoxy) is 1. The van der Waals surface area contributed by atoms with E-state index in [0.29, 0.717) is 42.7 Å². The van der Waals surface area contributed by atoms with Gasteiger partial charge in [-0.15, -0.1) is 0 Å². The summed E-state index contributed by atoms with van der Waals surface area (Å²) in [6.07, 6.45) is 5.52. The molecule has 9 heteroatoms. The molecule has 4 rings (SSSR count). The Morgan fingerprint density at radius 1 is 1.00 bits per heavy atom. The topological polar surface area (TPSA) is 101 Å². The molecular formula is C36H46FN3O5. The van der Waals surface area contributed by atoms with Gasteiger partial charge in [0.25, 0.3) is 5.56 Å². The quantitative estimate of drug-likeness (QED) is 0.341. The van der Waals surface area contributed by atoms with Gasteiger partial charge in [-0.05, 0) is 113 Å². The predicted octanol–water partition coefficient (Wildman–Crippen LogP) is 6.21. The van der Waals surface area contributed by atoms with Gasteiger partial charge in [-0.3, -0.25) is 14.4 Å². The summed E-state index contributed by atoms with van der Waals surface area (Å²) >= 11 is 0. The van der Waals surface area contributed by atoms with Crippen LogP contribution in [0.15, 0.2) is 41.3 Å². The van der Waals surface area contributed by atoms with Crippen molar-refractivity contribution in [3.05, 3.63) is 86.1 Å². The molecule has 1 aliphatic rings. The summed E-state index contributed by atoms with van der Waals surface area (Å²) in [5.74, 6) is -1.56. The summed E-state index contributed by atoms with van der Waals surface area (Å²) in [5, 5.41) is 12.7. The van der Waals surface area contributed by atoms with Gasteiger partial charge in [0, 0.05) is 29.9 Å². The SMILES string of the molecule is Cc1cc(C)c2c(c1)OCCCCCC[C@H](n1cc(CCN(C)C)c(C)cc1=O)C(=O)N[C@@H](CC(=O)O)c1cc-2cc(C)c1F. The Balaban J connectivity index is 1.84. The Morgan fingerprint density at radius 3 is 2.44 bits per heavy atom. The number of amides is 1. The van der Waals surface area contributed by atoms with Gasteiger partial charge in [-0.1, -0.05) is 25.3 Å². The minimum atomic E-state index is -1.18.